The van der Waals surface area contributed by atoms with Gasteiger partial charge in [-0.1, -0.05) is 6.92 Å². The number of nitrogens with zero attached hydrogens (tertiary/aromatic N) is 2. The summed E-state index contributed by atoms with van der Waals surface area (Å²) in [6.45, 7) is 8.21. The van der Waals surface area contributed by atoms with E-state index in [0.29, 0.717) is 6.54 Å². The minimum Gasteiger partial charge on any atom is -0.389 e. The van der Waals surface area contributed by atoms with Crippen LogP contribution in [0.1, 0.15) is 25.8 Å². The Morgan fingerprint density at radius 2 is 2.29 bits per heavy atom. The lowest BCUT2D eigenvalue weighted by Crippen LogP contribution is -2.38. The molecule has 0 aromatic carbocycles. The number of aliphatic hydroxyl groups is 1. The van der Waals surface area contributed by atoms with E-state index < -0.39 is 5.60 Å². The molecule has 80 valence electrons. The van der Waals surface area contributed by atoms with Crippen molar-refractivity contribution >= 4 is 11.3 Å². The first-order valence-electron chi connectivity index (χ1n) is 4.84. The van der Waals surface area contributed by atoms with E-state index in [-0.39, 0.29) is 0 Å². The van der Waals surface area contributed by atoms with Crippen LogP contribution in [0.5, 0.6) is 0 Å². The normalized spacial score (nSPS) is 12.4. The molecule has 0 radical (unpaired) electrons. The molecule has 0 unspecified atom stereocenters. The van der Waals surface area contributed by atoms with Gasteiger partial charge in [0.2, 0.25) is 0 Å². The molecule has 0 spiro atoms. The lowest BCUT2D eigenvalue weighted by Gasteiger charge is -2.27. The molecule has 0 aliphatic heterocycles. The Morgan fingerprint density at radius 1 is 1.57 bits per heavy atom. The van der Waals surface area contributed by atoms with Crippen molar-refractivity contribution in [2.75, 3.05) is 13.1 Å². The number of rotatable bonds is 5. The Morgan fingerprint density at radius 3 is 2.71 bits per heavy atom. The summed E-state index contributed by atoms with van der Waals surface area (Å²) in [6, 6.07) is 0. The van der Waals surface area contributed by atoms with Crippen LogP contribution in [0.2, 0.25) is 0 Å². The monoisotopic (exact) mass is 214 g/mol. The number of aromatic nitrogens is 1. The van der Waals surface area contributed by atoms with E-state index in [1.165, 1.54) is 0 Å². The second kappa shape index (κ2) is 4.87. The summed E-state index contributed by atoms with van der Waals surface area (Å²) in [4.78, 5) is 6.42. The van der Waals surface area contributed by atoms with Gasteiger partial charge in [0.05, 0.1) is 12.1 Å². The van der Waals surface area contributed by atoms with Crippen molar-refractivity contribution in [3.05, 3.63) is 16.6 Å². The zero-order chi connectivity index (χ0) is 10.6. The van der Waals surface area contributed by atoms with Crippen molar-refractivity contribution in [3.63, 3.8) is 0 Å². The van der Waals surface area contributed by atoms with Crippen molar-refractivity contribution in [2.24, 2.45) is 0 Å². The summed E-state index contributed by atoms with van der Waals surface area (Å²) >= 11 is 1.66. The Bertz CT molecular complexity index is 254. The van der Waals surface area contributed by atoms with Crippen molar-refractivity contribution in [1.82, 2.24) is 9.88 Å². The first-order chi connectivity index (χ1) is 6.51. The third-order valence-corrected chi connectivity index (χ3v) is 2.66. The molecule has 0 atom stereocenters. The lowest BCUT2D eigenvalue weighted by atomic mass is 10.1. The van der Waals surface area contributed by atoms with Gasteiger partial charge in [0.15, 0.2) is 0 Å². The first-order valence-corrected chi connectivity index (χ1v) is 5.72. The van der Waals surface area contributed by atoms with Crippen LogP contribution in [0.25, 0.3) is 0 Å². The number of hydrogen-bond acceptors (Lipinski definition) is 4. The molecule has 1 rings (SSSR count). The standard InChI is InChI=1S/C10H18N2OS/c1-4-12(8-10(2,3)13)7-9-11-5-6-14-9/h5-6,13H,4,7-8H2,1-3H3. The van der Waals surface area contributed by atoms with Crippen LogP contribution in [0.3, 0.4) is 0 Å². The fourth-order valence-corrected chi connectivity index (χ4v) is 2.01. The molecule has 1 N–H and O–H groups in total. The van der Waals surface area contributed by atoms with E-state index in [0.717, 1.165) is 18.1 Å². The maximum atomic E-state index is 9.69. The fourth-order valence-electron chi connectivity index (χ4n) is 1.35. The van der Waals surface area contributed by atoms with Gasteiger partial charge in [0, 0.05) is 18.1 Å². The molecule has 0 fully saturated rings. The largest absolute Gasteiger partial charge is 0.389 e. The highest BCUT2D eigenvalue weighted by atomic mass is 32.1. The Balaban J connectivity index is 2.47. The van der Waals surface area contributed by atoms with Gasteiger partial charge in [-0.3, -0.25) is 4.90 Å². The molecule has 1 aromatic rings. The van der Waals surface area contributed by atoms with Gasteiger partial charge in [0.1, 0.15) is 5.01 Å². The Kier molecular flexibility index (Phi) is 4.04. The second-order valence-electron chi connectivity index (χ2n) is 4.04. The van der Waals surface area contributed by atoms with Crippen LogP contribution in [0.15, 0.2) is 11.6 Å². The van der Waals surface area contributed by atoms with E-state index in [2.05, 4.69) is 16.8 Å². The fraction of sp³-hybridized carbons (Fsp3) is 0.700. The number of likely N-dealkylation sites (N-methyl/N-ethyl adjacent to an activating group) is 1. The predicted molar refractivity (Wildman–Crippen MR) is 59.4 cm³/mol. The highest BCUT2D eigenvalue weighted by Gasteiger charge is 2.17. The van der Waals surface area contributed by atoms with Crippen LogP contribution >= 0.6 is 11.3 Å². The third kappa shape index (κ3) is 4.17. The van der Waals surface area contributed by atoms with Crippen LogP contribution in [-0.2, 0) is 6.54 Å². The molecule has 3 nitrogen and oxygen atoms in total. The summed E-state index contributed by atoms with van der Waals surface area (Å²) in [5.74, 6) is 0. The molecule has 0 aliphatic rings. The van der Waals surface area contributed by atoms with Gasteiger partial charge in [-0.05, 0) is 20.4 Å². The maximum absolute atomic E-state index is 9.69. The first kappa shape index (κ1) is 11.6. The van der Waals surface area contributed by atoms with Crippen LogP contribution in [0.4, 0.5) is 0 Å². The summed E-state index contributed by atoms with van der Waals surface area (Å²) in [5, 5.41) is 12.8. The number of thiazole rings is 1. The Hall–Kier alpha value is -0.450. The molecule has 0 saturated carbocycles. The van der Waals surface area contributed by atoms with Crippen molar-refractivity contribution < 1.29 is 5.11 Å². The zero-order valence-electron chi connectivity index (χ0n) is 9.03. The van der Waals surface area contributed by atoms with Gasteiger partial charge in [0.25, 0.3) is 0 Å². The summed E-state index contributed by atoms with van der Waals surface area (Å²) in [6.07, 6.45) is 1.82. The van der Waals surface area contributed by atoms with E-state index in [1.54, 1.807) is 11.3 Å². The predicted octanol–water partition coefficient (Wildman–Crippen LogP) is 1.74. The van der Waals surface area contributed by atoms with Gasteiger partial charge in [-0.15, -0.1) is 11.3 Å². The van der Waals surface area contributed by atoms with Gasteiger partial charge >= 0.3 is 0 Å². The zero-order valence-corrected chi connectivity index (χ0v) is 9.84. The van der Waals surface area contributed by atoms with Gasteiger partial charge < -0.3 is 5.11 Å². The number of hydrogen-bond donors (Lipinski definition) is 1. The van der Waals surface area contributed by atoms with Crippen molar-refractivity contribution in [2.45, 2.75) is 32.9 Å². The van der Waals surface area contributed by atoms with Crippen LogP contribution in [0, 0.1) is 0 Å². The highest BCUT2D eigenvalue weighted by molar-refractivity contribution is 7.09. The summed E-state index contributed by atoms with van der Waals surface area (Å²) in [7, 11) is 0. The third-order valence-electron chi connectivity index (χ3n) is 1.90. The molecule has 0 amide bonds. The topological polar surface area (TPSA) is 36.4 Å². The lowest BCUT2D eigenvalue weighted by molar-refractivity contribution is 0.0353. The average Bonchev–Trinajstić information content (AvgIpc) is 2.53. The Labute approximate surface area is 89.4 Å². The van der Waals surface area contributed by atoms with Crippen LogP contribution in [-0.4, -0.2) is 33.7 Å². The minimum absolute atomic E-state index is 0.632. The van der Waals surface area contributed by atoms with E-state index >= 15 is 0 Å². The van der Waals surface area contributed by atoms with Crippen molar-refractivity contribution in [1.29, 1.82) is 0 Å². The SMILES string of the molecule is CCN(Cc1nccs1)CC(C)(C)O. The summed E-state index contributed by atoms with van der Waals surface area (Å²) in [5.41, 5.74) is -0.632. The summed E-state index contributed by atoms with van der Waals surface area (Å²) < 4.78 is 0. The van der Waals surface area contributed by atoms with Gasteiger partial charge in [-0.2, -0.15) is 0 Å². The molecule has 0 aliphatic carbocycles. The van der Waals surface area contributed by atoms with Crippen molar-refractivity contribution in [3.8, 4) is 0 Å². The maximum Gasteiger partial charge on any atom is 0.107 e. The van der Waals surface area contributed by atoms with Gasteiger partial charge in [-0.25, -0.2) is 4.98 Å². The molecule has 4 heteroatoms. The molecular weight excluding hydrogens is 196 g/mol. The van der Waals surface area contributed by atoms with E-state index in [9.17, 15) is 5.11 Å². The highest BCUT2D eigenvalue weighted by Crippen LogP contribution is 2.11. The molecule has 1 heterocycles. The minimum atomic E-state index is -0.632. The second-order valence-corrected chi connectivity index (χ2v) is 5.02. The molecule has 0 bridgehead atoms. The van der Waals surface area contributed by atoms with Crippen LogP contribution < -0.4 is 0 Å². The quantitative estimate of drug-likeness (QED) is 0.811. The molecular formula is C10H18N2OS. The van der Waals surface area contributed by atoms with E-state index in [1.807, 2.05) is 25.4 Å². The molecule has 0 saturated heterocycles. The smallest absolute Gasteiger partial charge is 0.107 e. The average molecular weight is 214 g/mol. The molecule has 1 aromatic heterocycles. The van der Waals surface area contributed by atoms with E-state index in [4.69, 9.17) is 0 Å². The molecule has 14 heavy (non-hydrogen) atoms.